The van der Waals surface area contributed by atoms with Crippen LogP contribution in [0.2, 0.25) is 0 Å². The average molecular weight is 275 g/mol. The summed E-state index contributed by atoms with van der Waals surface area (Å²) in [4.78, 5) is 11.7. The van der Waals surface area contributed by atoms with E-state index in [4.69, 9.17) is 4.74 Å². The monoisotopic (exact) mass is 275 g/mol. The maximum atomic E-state index is 12.2. The smallest absolute Gasteiger partial charge is 0.307 e. The van der Waals surface area contributed by atoms with E-state index in [0.717, 1.165) is 12.8 Å². The van der Waals surface area contributed by atoms with Crippen LogP contribution in [-0.2, 0) is 20.5 Å². The molecule has 0 aliphatic heterocycles. The van der Waals surface area contributed by atoms with Crippen molar-refractivity contribution in [1.82, 2.24) is 4.72 Å². The van der Waals surface area contributed by atoms with Crippen molar-refractivity contribution in [3.63, 3.8) is 0 Å². The summed E-state index contributed by atoms with van der Waals surface area (Å²) in [5.41, 5.74) is -0.412. The molecule has 0 amide bonds. The first-order chi connectivity index (χ1) is 8.19. The standard InChI is InChI=1S/C13H25NO3S/c1-6-17-11(15)9-13(5,10-7-8-10)14-18(16)12(2,3)4/h10,14H,6-9H2,1-5H3/t13-,18+/m0/s1. The van der Waals surface area contributed by atoms with Gasteiger partial charge < -0.3 is 4.74 Å². The summed E-state index contributed by atoms with van der Waals surface area (Å²) < 4.78 is 20.0. The predicted molar refractivity (Wildman–Crippen MR) is 73.4 cm³/mol. The maximum Gasteiger partial charge on any atom is 0.307 e. The van der Waals surface area contributed by atoms with Gasteiger partial charge in [0.25, 0.3) is 0 Å². The number of esters is 1. The van der Waals surface area contributed by atoms with Crippen LogP contribution >= 0.6 is 0 Å². The molecular weight excluding hydrogens is 250 g/mol. The molecule has 1 saturated carbocycles. The van der Waals surface area contributed by atoms with Gasteiger partial charge in [-0.15, -0.1) is 0 Å². The number of nitrogens with one attached hydrogen (secondary N) is 1. The molecule has 0 heterocycles. The molecule has 0 aromatic rings. The summed E-state index contributed by atoms with van der Waals surface area (Å²) >= 11 is 0. The van der Waals surface area contributed by atoms with Crippen LogP contribution in [0.1, 0.15) is 53.9 Å². The summed E-state index contributed by atoms with van der Waals surface area (Å²) in [7, 11) is -1.17. The largest absolute Gasteiger partial charge is 0.466 e. The maximum absolute atomic E-state index is 12.2. The van der Waals surface area contributed by atoms with Crippen molar-refractivity contribution in [3.05, 3.63) is 0 Å². The minimum absolute atomic E-state index is 0.217. The molecule has 106 valence electrons. The highest BCUT2D eigenvalue weighted by molar-refractivity contribution is 7.84. The van der Waals surface area contributed by atoms with Gasteiger partial charge in [-0.25, -0.2) is 8.93 Å². The van der Waals surface area contributed by atoms with Crippen LogP contribution in [0, 0.1) is 5.92 Å². The molecular formula is C13H25NO3S. The highest BCUT2D eigenvalue weighted by Crippen LogP contribution is 2.42. The van der Waals surface area contributed by atoms with E-state index in [1.165, 1.54) is 0 Å². The Kier molecular flexibility index (Phi) is 4.95. The minimum atomic E-state index is -1.17. The second kappa shape index (κ2) is 5.70. The number of rotatable bonds is 6. The van der Waals surface area contributed by atoms with Gasteiger partial charge in [-0.05, 0) is 53.4 Å². The Labute approximate surface area is 112 Å². The fourth-order valence-electron chi connectivity index (χ4n) is 1.86. The molecule has 0 aromatic heterocycles. The lowest BCUT2D eigenvalue weighted by Gasteiger charge is -2.32. The van der Waals surface area contributed by atoms with Crippen LogP contribution < -0.4 is 4.72 Å². The number of carbonyl (C=O) groups is 1. The van der Waals surface area contributed by atoms with E-state index in [9.17, 15) is 9.00 Å². The molecule has 1 aliphatic rings. The molecule has 1 fully saturated rings. The van der Waals surface area contributed by atoms with Gasteiger partial charge in [0.05, 0.1) is 28.8 Å². The van der Waals surface area contributed by atoms with Crippen LogP contribution in [-0.4, -0.2) is 27.1 Å². The first kappa shape index (κ1) is 15.6. The Morgan fingerprint density at radius 1 is 1.33 bits per heavy atom. The first-order valence-corrected chi connectivity index (χ1v) is 7.69. The second-order valence-corrected chi connectivity index (χ2v) is 8.12. The highest BCUT2D eigenvalue weighted by Gasteiger charge is 2.45. The van der Waals surface area contributed by atoms with Crippen molar-refractivity contribution in [1.29, 1.82) is 0 Å². The molecule has 0 unspecified atom stereocenters. The van der Waals surface area contributed by atoms with Gasteiger partial charge in [-0.3, -0.25) is 4.79 Å². The van der Waals surface area contributed by atoms with Gasteiger partial charge in [0.1, 0.15) is 0 Å². The lowest BCUT2D eigenvalue weighted by Crippen LogP contribution is -2.51. The summed E-state index contributed by atoms with van der Waals surface area (Å²) in [6.07, 6.45) is 2.46. The van der Waals surface area contributed by atoms with Gasteiger partial charge in [-0.1, -0.05) is 0 Å². The Hall–Kier alpha value is -0.420. The number of carbonyl (C=O) groups excluding carboxylic acids is 1. The van der Waals surface area contributed by atoms with Gasteiger partial charge in [-0.2, -0.15) is 0 Å². The molecule has 1 aliphatic carbocycles. The summed E-state index contributed by atoms with van der Waals surface area (Å²) in [5.74, 6) is 0.207. The summed E-state index contributed by atoms with van der Waals surface area (Å²) in [5, 5.41) is 0. The molecule has 1 rings (SSSR count). The minimum Gasteiger partial charge on any atom is -0.466 e. The third kappa shape index (κ3) is 4.35. The van der Waals surface area contributed by atoms with E-state index in [0.29, 0.717) is 12.5 Å². The van der Waals surface area contributed by atoms with Gasteiger partial charge in [0.2, 0.25) is 0 Å². The van der Waals surface area contributed by atoms with Crippen LogP contribution in [0.25, 0.3) is 0 Å². The highest BCUT2D eigenvalue weighted by atomic mass is 32.2. The molecule has 0 spiro atoms. The second-order valence-electron chi connectivity index (χ2n) is 6.16. The Bertz CT molecular complexity index is 334. The molecule has 18 heavy (non-hydrogen) atoms. The average Bonchev–Trinajstić information content (AvgIpc) is 2.98. The Morgan fingerprint density at radius 2 is 1.89 bits per heavy atom. The van der Waals surface area contributed by atoms with E-state index in [-0.39, 0.29) is 17.1 Å². The van der Waals surface area contributed by atoms with Crippen LogP contribution in [0.3, 0.4) is 0 Å². The fraction of sp³-hybridized carbons (Fsp3) is 0.923. The van der Waals surface area contributed by atoms with Crippen LogP contribution in [0.4, 0.5) is 0 Å². The summed E-state index contributed by atoms with van der Waals surface area (Å²) in [6.45, 7) is 9.94. The van der Waals surface area contributed by atoms with Crippen molar-refractivity contribution in [2.24, 2.45) is 5.92 Å². The number of hydrogen-bond acceptors (Lipinski definition) is 3. The fourth-order valence-corrected chi connectivity index (χ4v) is 2.83. The van der Waals surface area contributed by atoms with E-state index < -0.39 is 16.5 Å². The van der Waals surface area contributed by atoms with E-state index >= 15 is 0 Å². The molecule has 1 N–H and O–H groups in total. The van der Waals surface area contributed by atoms with Crippen molar-refractivity contribution >= 4 is 17.0 Å². The zero-order valence-electron chi connectivity index (χ0n) is 12.0. The van der Waals surface area contributed by atoms with Gasteiger partial charge in [0.15, 0.2) is 0 Å². The molecule has 5 heteroatoms. The third-order valence-electron chi connectivity index (χ3n) is 3.18. The SMILES string of the molecule is CCOC(=O)C[C@](C)(N[S@](=O)C(C)(C)C)C1CC1. The molecule has 0 bridgehead atoms. The topological polar surface area (TPSA) is 55.4 Å². The van der Waals surface area contributed by atoms with Gasteiger partial charge in [0, 0.05) is 5.54 Å². The molecule has 4 nitrogen and oxygen atoms in total. The van der Waals surface area contributed by atoms with E-state index in [1.807, 2.05) is 27.7 Å². The molecule has 0 aromatic carbocycles. The quantitative estimate of drug-likeness (QED) is 0.756. The molecule has 0 radical (unpaired) electrons. The zero-order valence-corrected chi connectivity index (χ0v) is 12.9. The van der Waals surface area contributed by atoms with Crippen LogP contribution in [0.5, 0.6) is 0 Å². The van der Waals surface area contributed by atoms with Crippen molar-refractivity contribution in [2.45, 2.75) is 64.2 Å². The third-order valence-corrected chi connectivity index (χ3v) is 4.94. The van der Waals surface area contributed by atoms with Gasteiger partial charge >= 0.3 is 5.97 Å². The van der Waals surface area contributed by atoms with E-state index in [1.54, 1.807) is 6.92 Å². The first-order valence-electron chi connectivity index (χ1n) is 6.54. The molecule has 0 saturated heterocycles. The summed E-state index contributed by atoms with van der Waals surface area (Å²) in [6, 6.07) is 0. The lowest BCUT2D eigenvalue weighted by molar-refractivity contribution is -0.144. The molecule has 2 atom stereocenters. The normalized spacial score (nSPS) is 21.2. The van der Waals surface area contributed by atoms with E-state index in [2.05, 4.69) is 4.72 Å². The predicted octanol–water partition coefficient (Wildman–Crippen LogP) is 2.16. The van der Waals surface area contributed by atoms with Crippen molar-refractivity contribution in [3.8, 4) is 0 Å². The Morgan fingerprint density at radius 3 is 2.28 bits per heavy atom. The number of hydrogen-bond donors (Lipinski definition) is 1. The lowest BCUT2D eigenvalue weighted by atomic mass is 9.93. The van der Waals surface area contributed by atoms with Crippen molar-refractivity contribution in [2.75, 3.05) is 6.61 Å². The number of ether oxygens (including phenoxy) is 1. The Balaban J connectivity index is 2.69. The zero-order chi connectivity index (χ0) is 14.0. The van der Waals surface area contributed by atoms with Crippen LogP contribution in [0.15, 0.2) is 0 Å². The van der Waals surface area contributed by atoms with Crippen molar-refractivity contribution < 1.29 is 13.7 Å².